The van der Waals surface area contributed by atoms with E-state index >= 15 is 0 Å². The number of aliphatic carboxylic acids is 1. The first-order chi connectivity index (χ1) is 3.55. The van der Waals surface area contributed by atoms with Crippen LogP contribution in [0.1, 0.15) is 0 Å². The maximum Gasteiger partial charge on any atom is 0.324 e. The summed E-state index contributed by atoms with van der Waals surface area (Å²) in [5.74, 6) is -1.21. The van der Waals surface area contributed by atoms with Gasteiger partial charge in [-0.3, -0.25) is 4.79 Å². The van der Waals surface area contributed by atoms with Crippen LogP contribution in [-0.2, 0) is 4.79 Å². The van der Waals surface area contributed by atoms with E-state index in [1.165, 1.54) is 0 Å². The quantitative estimate of drug-likeness (QED) is 0.649. The lowest BCUT2D eigenvalue weighted by atomic mass is 10.5. The highest BCUT2D eigenvalue weighted by molar-refractivity contribution is 6.51. The molecule has 0 aromatic carbocycles. The topological polar surface area (TPSA) is 37.3 Å². The Labute approximate surface area is 61.3 Å². The molecule has 0 bridgehead atoms. The van der Waals surface area contributed by atoms with Crippen LogP contribution >= 0.6 is 34.8 Å². The van der Waals surface area contributed by atoms with Crippen LogP contribution in [0.25, 0.3) is 0 Å². The van der Waals surface area contributed by atoms with E-state index in [2.05, 4.69) is 0 Å². The van der Waals surface area contributed by atoms with Gasteiger partial charge in [-0.1, -0.05) is 0 Å². The third kappa shape index (κ3) is 2.60. The molecule has 1 unspecified atom stereocenters. The van der Waals surface area contributed by atoms with Gasteiger partial charge in [-0.15, -0.1) is 34.8 Å². The van der Waals surface area contributed by atoms with Crippen LogP contribution in [-0.4, -0.2) is 21.3 Å². The normalized spacial score (nSPS) is 14.0. The molecular weight excluding hydrogens is 174 g/mol. The molecular formula is C3H3Cl3O2. The minimum atomic E-state index is -1.21. The number of hydrogen-bond acceptors (Lipinski definition) is 1. The summed E-state index contributed by atoms with van der Waals surface area (Å²) in [5, 5.41) is 6.84. The van der Waals surface area contributed by atoms with Crippen molar-refractivity contribution in [3.05, 3.63) is 0 Å². The Morgan fingerprint density at radius 2 is 1.75 bits per heavy atom. The Morgan fingerprint density at radius 1 is 1.38 bits per heavy atom. The van der Waals surface area contributed by atoms with Crippen molar-refractivity contribution in [1.29, 1.82) is 0 Å². The third-order valence-corrected chi connectivity index (χ3v) is 1.66. The number of carboxylic acid groups (broad SMARTS) is 1. The van der Waals surface area contributed by atoms with Gasteiger partial charge in [0.05, 0.1) is 0 Å². The molecule has 0 spiro atoms. The molecule has 0 saturated heterocycles. The summed E-state index contributed by atoms with van der Waals surface area (Å²) >= 11 is 15.2. The van der Waals surface area contributed by atoms with Gasteiger partial charge in [0.2, 0.25) is 0 Å². The molecule has 2 nitrogen and oxygen atoms in total. The lowest BCUT2D eigenvalue weighted by molar-refractivity contribution is -0.136. The van der Waals surface area contributed by atoms with Gasteiger partial charge in [0.1, 0.15) is 4.84 Å². The second-order valence-electron chi connectivity index (χ2n) is 1.07. The van der Waals surface area contributed by atoms with E-state index < -0.39 is 16.2 Å². The maximum absolute atomic E-state index is 9.84. The molecule has 0 aliphatic carbocycles. The molecule has 1 N–H and O–H groups in total. The smallest absolute Gasteiger partial charge is 0.324 e. The van der Waals surface area contributed by atoms with Gasteiger partial charge >= 0.3 is 5.97 Å². The SMILES string of the molecule is O=C(O)C(Cl)C(Cl)Cl. The molecule has 0 aromatic heterocycles. The Hall–Kier alpha value is 0.340. The zero-order chi connectivity index (χ0) is 6.73. The summed E-state index contributed by atoms with van der Waals surface area (Å²) in [5.41, 5.74) is 0. The number of carboxylic acids is 1. The molecule has 0 radical (unpaired) electrons. The zero-order valence-corrected chi connectivity index (χ0v) is 5.91. The third-order valence-electron chi connectivity index (χ3n) is 0.457. The Morgan fingerprint density at radius 3 is 1.75 bits per heavy atom. The molecule has 5 heteroatoms. The van der Waals surface area contributed by atoms with E-state index in [4.69, 9.17) is 39.9 Å². The first kappa shape index (κ1) is 8.34. The standard InChI is InChI=1S/C3H3Cl3O2/c4-1(2(5)6)3(7)8/h1-2H,(H,7,8). The van der Waals surface area contributed by atoms with Crippen LogP contribution in [0.4, 0.5) is 0 Å². The summed E-state index contributed by atoms with van der Waals surface area (Å²) in [6, 6.07) is 0. The summed E-state index contributed by atoms with van der Waals surface area (Å²) in [6.07, 6.45) is 0. The highest BCUT2D eigenvalue weighted by atomic mass is 35.5. The van der Waals surface area contributed by atoms with Crippen molar-refractivity contribution in [1.82, 2.24) is 0 Å². The van der Waals surface area contributed by atoms with Crippen molar-refractivity contribution >= 4 is 40.8 Å². The highest BCUT2D eigenvalue weighted by Gasteiger charge is 2.20. The Bertz CT molecular complexity index is 92.5. The highest BCUT2D eigenvalue weighted by Crippen LogP contribution is 2.13. The number of halogens is 3. The molecule has 0 aliphatic heterocycles. The van der Waals surface area contributed by atoms with Gasteiger partial charge in [0.15, 0.2) is 5.38 Å². The van der Waals surface area contributed by atoms with Gasteiger partial charge in [0.25, 0.3) is 0 Å². The predicted molar refractivity (Wildman–Crippen MR) is 32.8 cm³/mol. The van der Waals surface area contributed by atoms with Gasteiger partial charge in [-0.2, -0.15) is 0 Å². The number of rotatable bonds is 2. The van der Waals surface area contributed by atoms with Crippen molar-refractivity contribution in [3.8, 4) is 0 Å². The fourth-order valence-corrected chi connectivity index (χ4v) is 0.323. The number of hydrogen-bond donors (Lipinski definition) is 1. The molecule has 8 heavy (non-hydrogen) atoms. The fraction of sp³-hybridized carbons (Fsp3) is 0.667. The Balaban J connectivity index is 3.64. The van der Waals surface area contributed by atoms with Crippen molar-refractivity contribution in [2.24, 2.45) is 0 Å². The van der Waals surface area contributed by atoms with E-state index in [1.54, 1.807) is 0 Å². The summed E-state index contributed by atoms with van der Waals surface area (Å²) in [7, 11) is 0. The summed E-state index contributed by atoms with van der Waals surface area (Å²) < 4.78 is 0. The molecule has 0 amide bonds. The van der Waals surface area contributed by atoms with E-state index in [1.807, 2.05) is 0 Å². The van der Waals surface area contributed by atoms with Gasteiger partial charge in [0, 0.05) is 0 Å². The lowest BCUT2D eigenvalue weighted by Gasteiger charge is -2.00. The number of alkyl halides is 3. The predicted octanol–water partition coefficient (Wildman–Crippen LogP) is 1.48. The Kier molecular flexibility index (Phi) is 3.53. The van der Waals surface area contributed by atoms with Crippen molar-refractivity contribution in [2.75, 3.05) is 0 Å². The van der Waals surface area contributed by atoms with E-state index in [-0.39, 0.29) is 0 Å². The monoisotopic (exact) mass is 176 g/mol. The summed E-state index contributed by atoms with van der Waals surface area (Å²) in [4.78, 5) is 8.79. The lowest BCUT2D eigenvalue weighted by Crippen LogP contribution is -2.19. The first-order valence-electron chi connectivity index (χ1n) is 1.70. The molecule has 0 rings (SSSR count). The minimum absolute atomic E-state index is 1.05. The van der Waals surface area contributed by atoms with Crippen LogP contribution in [0, 0.1) is 0 Å². The van der Waals surface area contributed by atoms with E-state index in [9.17, 15) is 4.79 Å². The second-order valence-corrected chi connectivity index (χ2v) is 2.71. The maximum atomic E-state index is 9.84. The van der Waals surface area contributed by atoms with Crippen LogP contribution < -0.4 is 0 Å². The molecule has 0 aliphatic rings. The van der Waals surface area contributed by atoms with Crippen LogP contribution in [0.3, 0.4) is 0 Å². The molecule has 1 atom stereocenters. The van der Waals surface area contributed by atoms with E-state index in [0.717, 1.165) is 0 Å². The van der Waals surface area contributed by atoms with Gasteiger partial charge in [-0.05, 0) is 0 Å². The second kappa shape index (κ2) is 3.38. The number of carbonyl (C=O) groups is 1. The summed E-state index contributed by atoms with van der Waals surface area (Å²) in [6.45, 7) is 0. The molecule has 48 valence electrons. The van der Waals surface area contributed by atoms with Crippen LogP contribution in [0.5, 0.6) is 0 Å². The minimum Gasteiger partial charge on any atom is -0.480 e. The van der Waals surface area contributed by atoms with Crippen LogP contribution in [0.15, 0.2) is 0 Å². The molecule has 0 saturated carbocycles. The van der Waals surface area contributed by atoms with Gasteiger partial charge < -0.3 is 5.11 Å². The van der Waals surface area contributed by atoms with Crippen molar-refractivity contribution in [2.45, 2.75) is 10.2 Å². The zero-order valence-electron chi connectivity index (χ0n) is 3.64. The van der Waals surface area contributed by atoms with Crippen molar-refractivity contribution in [3.63, 3.8) is 0 Å². The molecule has 0 fully saturated rings. The van der Waals surface area contributed by atoms with Gasteiger partial charge in [-0.25, -0.2) is 0 Å². The van der Waals surface area contributed by atoms with E-state index in [0.29, 0.717) is 0 Å². The fourth-order valence-electron chi connectivity index (χ4n) is 0.108. The molecule has 0 aromatic rings. The average Bonchev–Trinajstić information content (AvgIpc) is 1.64. The first-order valence-corrected chi connectivity index (χ1v) is 3.01. The van der Waals surface area contributed by atoms with Crippen LogP contribution in [0.2, 0.25) is 0 Å². The van der Waals surface area contributed by atoms with Crippen molar-refractivity contribution < 1.29 is 9.90 Å². The molecule has 0 heterocycles. The largest absolute Gasteiger partial charge is 0.480 e. The average molecular weight is 177 g/mol.